The molecule has 180 valence electrons. The Morgan fingerprint density at radius 3 is 2.24 bits per heavy atom. The average molecular weight is 455 g/mol. The monoisotopic (exact) mass is 454 g/mol. The van der Waals surface area contributed by atoms with E-state index in [1.807, 2.05) is 30.3 Å². The summed E-state index contributed by atoms with van der Waals surface area (Å²) in [6, 6.07) is 9.64. The Labute approximate surface area is 197 Å². The van der Waals surface area contributed by atoms with Gasteiger partial charge in [0.05, 0.1) is 6.42 Å². The van der Waals surface area contributed by atoms with Crippen LogP contribution in [0.3, 0.4) is 0 Å². The van der Waals surface area contributed by atoms with Crippen LogP contribution >= 0.6 is 0 Å². The summed E-state index contributed by atoms with van der Waals surface area (Å²) in [6.45, 7) is 4.86. The van der Waals surface area contributed by atoms with Gasteiger partial charge in [0, 0.05) is 11.6 Å². The van der Waals surface area contributed by atoms with Gasteiger partial charge in [0.15, 0.2) is 0 Å². The zero-order valence-electron chi connectivity index (χ0n) is 20.0. The molecule has 0 spiro atoms. The van der Waals surface area contributed by atoms with Crippen LogP contribution in [0.1, 0.15) is 83.6 Å². The zero-order valence-corrected chi connectivity index (χ0v) is 20.0. The van der Waals surface area contributed by atoms with Crippen LogP contribution in [0.25, 0.3) is 0 Å². The lowest BCUT2D eigenvalue weighted by molar-refractivity contribution is -0.301. The van der Waals surface area contributed by atoms with E-state index in [4.69, 9.17) is 9.78 Å². The standard InChI is InChI=1S/C27H38N2O4/c1-25-13-20-14-26(2,16-25)18-27(15-20,17-25)29-24(31)28-21-8-10-22(11-9-21)32-33-23(30)12-19-6-4-3-5-7-19/h3-7,20-22H,8-18H2,1-2H3,(H2,28,29,31)/t20?,21?,22?,25-,26-,27?/m1/s1. The molecule has 2 amide bonds. The van der Waals surface area contributed by atoms with Crippen LogP contribution < -0.4 is 10.6 Å². The van der Waals surface area contributed by atoms with Gasteiger partial charge in [-0.15, -0.1) is 0 Å². The second kappa shape index (κ2) is 8.61. The topological polar surface area (TPSA) is 76.7 Å². The van der Waals surface area contributed by atoms with E-state index in [2.05, 4.69) is 24.5 Å². The molecule has 33 heavy (non-hydrogen) atoms. The predicted molar refractivity (Wildman–Crippen MR) is 125 cm³/mol. The van der Waals surface area contributed by atoms with Crippen LogP contribution in [-0.4, -0.2) is 29.7 Å². The second-order valence-electron chi connectivity index (χ2n) is 12.2. The minimum absolute atomic E-state index is 0.0113. The van der Waals surface area contributed by atoms with Gasteiger partial charge in [0.25, 0.3) is 0 Å². The fourth-order valence-electron chi connectivity index (χ4n) is 8.27. The van der Waals surface area contributed by atoms with Crippen molar-refractivity contribution in [2.45, 2.75) is 102 Å². The first-order valence-corrected chi connectivity index (χ1v) is 12.7. The maximum absolute atomic E-state index is 13.0. The quantitative estimate of drug-likeness (QED) is 0.465. The van der Waals surface area contributed by atoms with Crippen molar-refractivity contribution in [1.82, 2.24) is 10.6 Å². The minimum atomic E-state index is -0.376. The molecule has 2 N–H and O–H groups in total. The number of amides is 2. The molecular formula is C27H38N2O4. The van der Waals surface area contributed by atoms with Crippen LogP contribution in [-0.2, 0) is 21.0 Å². The van der Waals surface area contributed by atoms with E-state index in [1.165, 1.54) is 19.3 Å². The number of hydrogen-bond donors (Lipinski definition) is 2. The van der Waals surface area contributed by atoms with Crippen molar-refractivity contribution in [2.75, 3.05) is 0 Å². The van der Waals surface area contributed by atoms with Crippen molar-refractivity contribution in [3.05, 3.63) is 35.9 Å². The first kappa shape index (κ1) is 22.7. The Morgan fingerprint density at radius 2 is 1.61 bits per heavy atom. The molecule has 5 aliphatic carbocycles. The zero-order chi connectivity index (χ0) is 23.1. The molecule has 5 fully saturated rings. The molecule has 0 radical (unpaired) electrons. The fraction of sp³-hybridized carbons (Fsp3) is 0.704. The van der Waals surface area contributed by atoms with Crippen LogP contribution in [0.4, 0.5) is 4.79 Å². The third-order valence-corrected chi connectivity index (χ3v) is 8.48. The summed E-state index contributed by atoms with van der Waals surface area (Å²) in [5.74, 6) is 0.382. The number of rotatable bonds is 6. The highest BCUT2D eigenvalue weighted by Gasteiger charge is 2.60. The van der Waals surface area contributed by atoms with Crippen molar-refractivity contribution in [3.63, 3.8) is 0 Å². The molecule has 0 unspecified atom stereocenters. The van der Waals surface area contributed by atoms with Gasteiger partial charge in [0.2, 0.25) is 0 Å². The van der Waals surface area contributed by atoms with E-state index in [9.17, 15) is 9.59 Å². The largest absolute Gasteiger partial charge is 0.346 e. The Balaban J connectivity index is 1.05. The van der Waals surface area contributed by atoms with Gasteiger partial charge in [-0.25, -0.2) is 9.59 Å². The van der Waals surface area contributed by atoms with E-state index in [1.54, 1.807) is 0 Å². The van der Waals surface area contributed by atoms with Crippen molar-refractivity contribution in [2.24, 2.45) is 16.7 Å². The minimum Gasteiger partial charge on any atom is -0.335 e. The smallest absolute Gasteiger partial charge is 0.335 e. The summed E-state index contributed by atoms with van der Waals surface area (Å²) in [6.07, 6.45) is 10.7. The van der Waals surface area contributed by atoms with Gasteiger partial charge >= 0.3 is 12.0 Å². The van der Waals surface area contributed by atoms with Gasteiger partial charge in [-0.2, -0.15) is 4.89 Å². The summed E-state index contributed by atoms with van der Waals surface area (Å²) in [7, 11) is 0. The fourth-order valence-corrected chi connectivity index (χ4v) is 8.27. The van der Waals surface area contributed by atoms with Crippen molar-refractivity contribution in [3.8, 4) is 0 Å². The van der Waals surface area contributed by atoms with Crippen LogP contribution in [0.15, 0.2) is 30.3 Å². The normalized spacial score (nSPS) is 39.2. The first-order chi connectivity index (χ1) is 15.7. The SMILES string of the molecule is C[C@]12CC3CC(NC(=O)NC4CCC(OOC(=O)Cc5ccccc5)CC4)(C1)C[C@](C)(C3)C2. The maximum Gasteiger partial charge on any atom is 0.346 e. The summed E-state index contributed by atoms with van der Waals surface area (Å²) < 4.78 is 0. The Kier molecular flexibility index (Phi) is 5.92. The number of urea groups is 1. The number of hydrogen-bond acceptors (Lipinski definition) is 4. The predicted octanol–water partition coefficient (Wildman–Crippen LogP) is 5.06. The first-order valence-electron chi connectivity index (χ1n) is 12.7. The van der Waals surface area contributed by atoms with Crippen LogP contribution in [0, 0.1) is 16.7 Å². The van der Waals surface area contributed by atoms with Crippen molar-refractivity contribution < 1.29 is 19.4 Å². The van der Waals surface area contributed by atoms with Crippen molar-refractivity contribution in [1.29, 1.82) is 0 Å². The molecule has 2 atom stereocenters. The van der Waals surface area contributed by atoms with Gasteiger partial charge in [0.1, 0.15) is 6.10 Å². The highest BCUT2D eigenvalue weighted by Crippen LogP contribution is 2.66. The lowest BCUT2D eigenvalue weighted by Crippen LogP contribution is -2.66. The highest BCUT2D eigenvalue weighted by atomic mass is 17.2. The molecular weight excluding hydrogens is 416 g/mol. The van der Waals surface area contributed by atoms with E-state index < -0.39 is 0 Å². The molecule has 6 heteroatoms. The number of nitrogens with one attached hydrogen (secondary N) is 2. The second-order valence-corrected chi connectivity index (χ2v) is 12.2. The molecule has 6 rings (SSSR count). The molecule has 0 aromatic heterocycles. The van der Waals surface area contributed by atoms with Gasteiger partial charge in [-0.05, 0) is 86.5 Å². The Hall–Kier alpha value is -2.08. The molecule has 1 aromatic carbocycles. The average Bonchev–Trinajstić information content (AvgIpc) is 2.71. The number of carbonyl (C=O) groups excluding carboxylic acids is 2. The summed E-state index contributed by atoms with van der Waals surface area (Å²) in [4.78, 5) is 35.4. The number of carbonyl (C=O) groups is 2. The molecule has 6 nitrogen and oxygen atoms in total. The molecule has 0 saturated heterocycles. The summed E-state index contributed by atoms with van der Waals surface area (Å²) in [5.41, 5.74) is 1.65. The number of benzene rings is 1. The maximum atomic E-state index is 13.0. The van der Waals surface area contributed by atoms with E-state index in [0.29, 0.717) is 10.8 Å². The molecule has 5 aliphatic rings. The summed E-state index contributed by atoms with van der Waals surface area (Å²) >= 11 is 0. The van der Waals surface area contributed by atoms with Gasteiger partial charge < -0.3 is 10.6 Å². The molecule has 0 heterocycles. The molecule has 5 saturated carbocycles. The van der Waals surface area contributed by atoms with Crippen LogP contribution in [0.5, 0.6) is 0 Å². The molecule has 1 aromatic rings. The van der Waals surface area contributed by atoms with Crippen molar-refractivity contribution >= 4 is 12.0 Å². The Bertz CT molecular complexity index is 861. The van der Waals surface area contributed by atoms with E-state index >= 15 is 0 Å². The summed E-state index contributed by atoms with van der Waals surface area (Å²) in [5, 5.41) is 6.67. The Morgan fingerprint density at radius 1 is 0.939 bits per heavy atom. The third kappa shape index (κ3) is 5.21. The van der Waals surface area contributed by atoms with Gasteiger partial charge in [-0.1, -0.05) is 44.2 Å². The molecule has 0 aliphatic heterocycles. The van der Waals surface area contributed by atoms with E-state index in [0.717, 1.165) is 56.4 Å². The lowest BCUT2D eigenvalue weighted by atomic mass is 9.43. The third-order valence-electron chi connectivity index (χ3n) is 8.48. The molecule has 4 bridgehead atoms. The lowest BCUT2D eigenvalue weighted by Gasteiger charge is -2.65. The van der Waals surface area contributed by atoms with E-state index in [-0.39, 0.29) is 36.1 Å². The van der Waals surface area contributed by atoms with Gasteiger partial charge in [-0.3, -0.25) is 4.89 Å². The highest BCUT2D eigenvalue weighted by molar-refractivity contribution is 5.75. The van der Waals surface area contributed by atoms with Crippen LogP contribution in [0.2, 0.25) is 0 Å².